The van der Waals surface area contributed by atoms with Gasteiger partial charge >= 0.3 is 0 Å². The van der Waals surface area contributed by atoms with Crippen molar-refractivity contribution in [2.45, 2.75) is 38.6 Å². The number of amides is 2. The molecule has 2 aromatic rings. The van der Waals surface area contributed by atoms with Gasteiger partial charge in [-0.3, -0.25) is 9.59 Å². The lowest BCUT2D eigenvalue weighted by atomic mass is 9.86. The first-order valence-corrected chi connectivity index (χ1v) is 8.36. The Morgan fingerprint density at radius 3 is 2.28 bits per heavy atom. The van der Waals surface area contributed by atoms with Crippen molar-refractivity contribution in [3.8, 4) is 0 Å². The standard InChI is InChI=1S/C19H22ClN3O2/c1-19(2,3)14-7-5-13(6-8-14)18(25)23-15(17(21)24)10-12-4-9-16(20)22-11-12/h4-9,11,15H,10H2,1-3H3,(H2,21,24)(H,23,25)/t15-/m1/s1. The number of nitrogens with one attached hydrogen (secondary N) is 1. The molecule has 2 amide bonds. The number of carbonyl (C=O) groups excluding carboxylic acids is 2. The van der Waals surface area contributed by atoms with Crippen LogP contribution < -0.4 is 11.1 Å². The highest BCUT2D eigenvalue weighted by Crippen LogP contribution is 2.22. The second kappa shape index (κ2) is 7.66. The molecule has 25 heavy (non-hydrogen) atoms. The van der Waals surface area contributed by atoms with E-state index >= 15 is 0 Å². The zero-order valence-electron chi connectivity index (χ0n) is 14.5. The lowest BCUT2D eigenvalue weighted by Gasteiger charge is -2.19. The van der Waals surface area contributed by atoms with Crippen LogP contribution >= 0.6 is 11.6 Å². The van der Waals surface area contributed by atoms with Crippen molar-refractivity contribution < 1.29 is 9.59 Å². The Morgan fingerprint density at radius 2 is 1.80 bits per heavy atom. The van der Waals surface area contributed by atoms with Gasteiger partial charge in [0, 0.05) is 18.2 Å². The summed E-state index contributed by atoms with van der Waals surface area (Å²) in [5.74, 6) is -0.944. The van der Waals surface area contributed by atoms with Gasteiger partial charge in [-0.05, 0) is 34.7 Å². The molecule has 0 fully saturated rings. The molecule has 1 aromatic carbocycles. The molecular weight excluding hydrogens is 338 g/mol. The quantitative estimate of drug-likeness (QED) is 0.805. The van der Waals surface area contributed by atoms with Gasteiger partial charge in [-0.25, -0.2) is 4.98 Å². The highest BCUT2D eigenvalue weighted by molar-refractivity contribution is 6.29. The minimum Gasteiger partial charge on any atom is -0.368 e. The Kier molecular flexibility index (Phi) is 5.80. The van der Waals surface area contributed by atoms with Gasteiger partial charge in [0.15, 0.2) is 0 Å². The van der Waals surface area contributed by atoms with Crippen LogP contribution in [-0.4, -0.2) is 22.8 Å². The van der Waals surface area contributed by atoms with E-state index in [0.29, 0.717) is 10.7 Å². The highest BCUT2D eigenvalue weighted by Gasteiger charge is 2.20. The molecule has 0 saturated carbocycles. The zero-order chi connectivity index (χ0) is 18.6. The summed E-state index contributed by atoms with van der Waals surface area (Å²) in [6, 6.07) is 9.87. The Balaban J connectivity index is 2.09. The molecule has 5 nitrogen and oxygen atoms in total. The van der Waals surface area contributed by atoms with Gasteiger partial charge in [0.25, 0.3) is 5.91 Å². The van der Waals surface area contributed by atoms with Crippen molar-refractivity contribution in [2.24, 2.45) is 5.73 Å². The van der Waals surface area contributed by atoms with Gasteiger partial charge in [-0.15, -0.1) is 0 Å². The molecule has 2 rings (SSSR count). The van der Waals surface area contributed by atoms with Crippen LogP contribution in [0.5, 0.6) is 0 Å². The third-order valence-electron chi connectivity index (χ3n) is 3.89. The van der Waals surface area contributed by atoms with Crippen molar-refractivity contribution in [3.63, 3.8) is 0 Å². The van der Waals surface area contributed by atoms with E-state index < -0.39 is 11.9 Å². The number of pyridine rings is 1. The molecule has 3 N–H and O–H groups in total. The molecule has 1 heterocycles. The van der Waals surface area contributed by atoms with E-state index in [9.17, 15) is 9.59 Å². The number of hydrogen-bond acceptors (Lipinski definition) is 3. The van der Waals surface area contributed by atoms with Crippen molar-refractivity contribution in [3.05, 3.63) is 64.4 Å². The molecule has 0 unspecified atom stereocenters. The maximum atomic E-state index is 12.4. The number of nitrogens with zero attached hydrogens (tertiary/aromatic N) is 1. The summed E-state index contributed by atoms with van der Waals surface area (Å²) in [4.78, 5) is 28.1. The normalized spacial score (nSPS) is 12.5. The van der Waals surface area contributed by atoms with Gasteiger partial charge < -0.3 is 11.1 Å². The predicted octanol–water partition coefficient (Wildman–Crippen LogP) is 2.86. The number of nitrogens with two attached hydrogens (primary N) is 1. The second-order valence-electron chi connectivity index (χ2n) is 6.95. The van der Waals surface area contributed by atoms with Crippen LogP contribution in [0.3, 0.4) is 0 Å². The van der Waals surface area contributed by atoms with E-state index in [0.717, 1.165) is 11.1 Å². The first kappa shape index (κ1) is 18.9. The van der Waals surface area contributed by atoms with Gasteiger partial charge in [-0.1, -0.05) is 50.6 Å². The van der Waals surface area contributed by atoms with Crippen LogP contribution in [-0.2, 0) is 16.6 Å². The summed E-state index contributed by atoms with van der Waals surface area (Å²) in [7, 11) is 0. The minimum atomic E-state index is -0.822. The average Bonchev–Trinajstić information content (AvgIpc) is 2.55. The second-order valence-corrected chi connectivity index (χ2v) is 7.34. The van der Waals surface area contributed by atoms with Crippen LogP contribution in [0.1, 0.15) is 42.3 Å². The summed E-state index contributed by atoms with van der Waals surface area (Å²) in [6.07, 6.45) is 1.81. The van der Waals surface area contributed by atoms with Crippen LogP contribution in [0.4, 0.5) is 0 Å². The highest BCUT2D eigenvalue weighted by atomic mass is 35.5. The maximum Gasteiger partial charge on any atom is 0.251 e. The average molecular weight is 360 g/mol. The van der Waals surface area contributed by atoms with Crippen molar-refractivity contribution >= 4 is 23.4 Å². The summed E-state index contributed by atoms with van der Waals surface area (Å²) in [5.41, 5.74) is 7.80. The van der Waals surface area contributed by atoms with Gasteiger partial charge in [0.2, 0.25) is 5.91 Å². The van der Waals surface area contributed by atoms with E-state index in [1.54, 1.807) is 30.5 Å². The Labute approximate surface area is 152 Å². The summed E-state index contributed by atoms with van der Waals surface area (Å²) in [5, 5.41) is 3.04. The first-order chi connectivity index (χ1) is 11.7. The van der Waals surface area contributed by atoms with E-state index in [1.807, 2.05) is 12.1 Å². The summed E-state index contributed by atoms with van der Waals surface area (Å²) >= 11 is 5.75. The molecule has 0 spiro atoms. The maximum absolute atomic E-state index is 12.4. The van der Waals surface area contributed by atoms with Crippen molar-refractivity contribution in [2.75, 3.05) is 0 Å². The van der Waals surface area contributed by atoms with E-state index in [2.05, 4.69) is 31.1 Å². The fourth-order valence-corrected chi connectivity index (χ4v) is 2.46. The zero-order valence-corrected chi connectivity index (χ0v) is 15.3. The Bertz CT molecular complexity index is 750. The number of hydrogen-bond donors (Lipinski definition) is 2. The molecule has 0 aliphatic rings. The van der Waals surface area contributed by atoms with Crippen LogP contribution in [0, 0.1) is 0 Å². The van der Waals surface area contributed by atoms with Gasteiger partial charge in [0.1, 0.15) is 11.2 Å². The number of rotatable bonds is 5. The summed E-state index contributed by atoms with van der Waals surface area (Å²) < 4.78 is 0. The number of primary amides is 1. The van der Waals surface area contributed by atoms with E-state index in [4.69, 9.17) is 17.3 Å². The molecule has 1 aromatic heterocycles. The molecule has 132 valence electrons. The van der Waals surface area contributed by atoms with Crippen LogP contribution in [0.25, 0.3) is 0 Å². The SMILES string of the molecule is CC(C)(C)c1ccc(C(=O)N[C@H](Cc2ccc(Cl)nc2)C(N)=O)cc1. The lowest BCUT2D eigenvalue weighted by molar-refractivity contribution is -0.119. The monoisotopic (exact) mass is 359 g/mol. The third-order valence-corrected chi connectivity index (χ3v) is 4.11. The van der Waals surface area contributed by atoms with E-state index in [-0.39, 0.29) is 17.7 Å². The first-order valence-electron chi connectivity index (χ1n) is 7.98. The fourth-order valence-electron chi connectivity index (χ4n) is 2.35. The number of aromatic nitrogens is 1. The predicted molar refractivity (Wildman–Crippen MR) is 98.5 cm³/mol. The Morgan fingerprint density at radius 1 is 1.16 bits per heavy atom. The lowest BCUT2D eigenvalue weighted by Crippen LogP contribution is -2.45. The molecule has 0 aliphatic heterocycles. The molecule has 0 bridgehead atoms. The van der Waals surface area contributed by atoms with Crippen molar-refractivity contribution in [1.29, 1.82) is 0 Å². The smallest absolute Gasteiger partial charge is 0.251 e. The van der Waals surface area contributed by atoms with Gasteiger partial charge in [0.05, 0.1) is 0 Å². The molecule has 0 radical (unpaired) electrons. The van der Waals surface area contributed by atoms with E-state index in [1.165, 1.54) is 0 Å². The molecule has 1 atom stereocenters. The number of benzene rings is 1. The topological polar surface area (TPSA) is 85.1 Å². The van der Waals surface area contributed by atoms with Crippen LogP contribution in [0.2, 0.25) is 5.15 Å². The van der Waals surface area contributed by atoms with Crippen molar-refractivity contribution in [1.82, 2.24) is 10.3 Å². The largest absolute Gasteiger partial charge is 0.368 e. The molecule has 0 aliphatic carbocycles. The Hall–Kier alpha value is -2.40. The van der Waals surface area contributed by atoms with Gasteiger partial charge in [-0.2, -0.15) is 0 Å². The number of halogens is 1. The molecule has 0 saturated heterocycles. The molecule has 6 heteroatoms. The fraction of sp³-hybridized carbons (Fsp3) is 0.316. The molecular formula is C19H22ClN3O2. The summed E-state index contributed by atoms with van der Waals surface area (Å²) in [6.45, 7) is 6.31. The minimum absolute atomic E-state index is 0.00630. The van der Waals surface area contributed by atoms with Crippen LogP contribution in [0.15, 0.2) is 42.6 Å². The third kappa shape index (κ3) is 5.29. The number of carbonyl (C=O) groups is 2.